The van der Waals surface area contributed by atoms with Gasteiger partial charge in [-0.05, 0) is 12.1 Å². The first-order valence-corrected chi connectivity index (χ1v) is 4.52. The molecular formula is C9H12ClNO3. The number of rotatable bonds is 4. The van der Waals surface area contributed by atoms with Gasteiger partial charge in [-0.3, -0.25) is 0 Å². The molecule has 78 valence electrons. The molecule has 4 N–H and O–H groups in total. The Kier molecular flexibility index (Phi) is 4.00. The Bertz CT molecular complexity index is 306. The Morgan fingerprint density at radius 3 is 2.71 bits per heavy atom. The zero-order valence-electron chi connectivity index (χ0n) is 7.44. The van der Waals surface area contributed by atoms with Gasteiger partial charge in [0, 0.05) is 12.6 Å². The summed E-state index contributed by atoms with van der Waals surface area (Å²) < 4.78 is 0. The lowest BCUT2D eigenvalue weighted by atomic mass is 10.3. The molecule has 0 saturated heterocycles. The average molecular weight is 218 g/mol. The van der Waals surface area contributed by atoms with E-state index in [0.717, 1.165) is 0 Å². The van der Waals surface area contributed by atoms with E-state index in [0.29, 0.717) is 10.7 Å². The van der Waals surface area contributed by atoms with Crippen LogP contribution in [0.3, 0.4) is 0 Å². The predicted molar refractivity (Wildman–Crippen MR) is 54.7 cm³/mol. The molecule has 4 nitrogen and oxygen atoms in total. The normalized spacial score (nSPS) is 12.5. The van der Waals surface area contributed by atoms with Crippen LogP contribution < -0.4 is 5.32 Å². The second kappa shape index (κ2) is 5.05. The maximum Gasteiger partial charge on any atom is 0.117 e. The summed E-state index contributed by atoms with van der Waals surface area (Å²) in [6, 6.07) is 4.48. The molecular weight excluding hydrogens is 206 g/mol. The molecule has 0 bridgehead atoms. The first-order valence-electron chi connectivity index (χ1n) is 4.15. The molecule has 1 unspecified atom stereocenters. The number of phenolic OH excluding ortho intramolecular Hbond substituents is 1. The molecule has 14 heavy (non-hydrogen) atoms. The Morgan fingerprint density at radius 2 is 2.14 bits per heavy atom. The Morgan fingerprint density at radius 1 is 1.43 bits per heavy atom. The van der Waals surface area contributed by atoms with Crippen LogP contribution in [0.25, 0.3) is 0 Å². The van der Waals surface area contributed by atoms with Crippen molar-refractivity contribution in [2.75, 3.05) is 18.5 Å². The van der Waals surface area contributed by atoms with Gasteiger partial charge < -0.3 is 20.6 Å². The van der Waals surface area contributed by atoms with Gasteiger partial charge in [0.1, 0.15) is 5.75 Å². The molecule has 1 atom stereocenters. The smallest absolute Gasteiger partial charge is 0.117 e. The van der Waals surface area contributed by atoms with Crippen LogP contribution in [-0.2, 0) is 0 Å². The summed E-state index contributed by atoms with van der Waals surface area (Å²) in [7, 11) is 0. The van der Waals surface area contributed by atoms with Gasteiger partial charge in [0.05, 0.1) is 23.4 Å². The Balaban J connectivity index is 2.59. The number of halogens is 1. The minimum atomic E-state index is -0.820. The van der Waals surface area contributed by atoms with E-state index in [1.807, 2.05) is 0 Å². The van der Waals surface area contributed by atoms with Crippen LogP contribution in [0.15, 0.2) is 18.2 Å². The van der Waals surface area contributed by atoms with Crippen LogP contribution in [-0.4, -0.2) is 34.6 Å². The number of nitrogens with one attached hydrogen (secondary N) is 1. The van der Waals surface area contributed by atoms with Gasteiger partial charge in [-0.1, -0.05) is 11.6 Å². The van der Waals surface area contributed by atoms with Crippen LogP contribution in [0.2, 0.25) is 5.02 Å². The second-order valence-electron chi connectivity index (χ2n) is 2.88. The largest absolute Gasteiger partial charge is 0.508 e. The molecule has 0 aromatic heterocycles. The maximum atomic E-state index is 9.06. The SMILES string of the molecule is OCC(O)CNc1ccc(O)cc1Cl. The fourth-order valence-electron chi connectivity index (χ4n) is 0.940. The number of aliphatic hydroxyl groups excluding tert-OH is 2. The molecule has 0 radical (unpaired) electrons. The van der Waals surface area contributed by atoms with Crippen molar-refractivity contribution < 1.29 is 15.3 Å². The van der Waals surface area contributed by atoms with Crippen molar-refractivity contribution in [2.24, 2.45) is 0 Å². The van der Waals surface area contributed by atoms with Crippen molar-refractivity contribution in [3.05, 3.63) is 23.2 Å². The summed E-state index contributed by atoms with van der Waals surface area (Å²) in [5, 5.41) is 29.9. The highest BCUT2D eigenvalue weighted by Crippen LogP contribution is 2.25. The number of benzene rings is 1. The predicted octanol–water partition coefficient (Wildman–Crippen LogP) is 0.811. The number of hydrogen-bond acceptors (Lipinski definition) is 4. The van der Waals surface area contributed by atoms with Crippen molar-refractivity contribution in [2.45, 2.75) is 6.10 Å². The molecule has 0 aliphatic heterocycles. The van der Waals surface area contributed by atoms with E-state index >= 15 is 0 Å². The third-order valence-corrected chi connectivity index (χ3v) is 2.00. The van der Waals surface area contributed by atoms with E-state index in [9.17, 15) is 0 Å². The van der Waals surface area contributed by atoms with Gasteiger partial charge in [0.25, 0.3) is 0 Å². The zero-order valence-corrected chi connectivity index (χ0v) is 8.20. The molecule has 0 aliphatic rings. The monoisotopic (exact) mass is 217 g/mol. The fraction of sp³-hybridized carbons (Fsp3) is 0.333. The van der Waals surface area contributed by atoms with Crippen molar-refractivity contribution in [3.8, 4) is 5.75 Å². The van der Waals surface area contributed by atoms with Gasteiger partial charge in [-0.15, -0.1) is 0 Å². The summed E-state index contributed by atoms with van der Waals surface area (Å²) in [6.45, 7) is -0.0936. The molecule has 1 aromatic carbocycles. The molecule has 1 rings (SSSR count). The van der Waals surface area contributed by atoms with Crippen molar-refractivity contribution >= 4 is 17.3 Å². The van der Waals surface area contributed by atoms with E-state index in [-0.39, 0.29) is 18.9 Å². The summed E-state index contributed by atoms with van der Waals surface area (Å²) in [4.78, 5) is 0. The van der Waals surface area contributed by atoms with E-state index in [1.54, 1.807) is 6.07 Å². The molecule has 0 heterocycles. The number of hydrogen-bond donors (Lipinski definition) is 4. The van der Waals surface area contributed by atoms with Crippen molar-refractivity contribution in [1.82, 2.24) is 0 Å². The van der Waals surface area contributed by atoms with E-state index < -0.39 is 6.10 Å². The molecule has 1 aromatic rings. The summed E-state index contributed by atoms with van der Waals surface area (Å²) in [6.07, 6.45) is -0.820. The van der Waals surface area contributed by atoms with Crippen LogP contribution >= 0.6 is 11.6 Å². The molecule has 0 fully saturated rings. The third-order valence-electron chi connectivity index (χ3n) is 1.69. The number of anilines is 1. The highest BCUT2D eigenvalue weighted by Gasteiger charge is 2.04. The summed E-state index contributed by atoms with van der Waals surface area (Å²) in [5.74, 6) is 0.0863. The van der Waals surface area contributed by atoms with Crippen LogP contribution in [0, 0.1) is 0 Å². The van der Waals surface area contributed by atoms with Gasteiger partial charge in [-0.25, -0.2) is 0 Å². The highest BCUT2D eigenvalue weighted by molar-refractivity contribution is 6.33. The van der Waals surface area contributed by atoms with Gasteiger partial charge in [-0.2, -0.15) is 0 Å². The van der Waals surface area contributed by atoms with Crippen molar-refractivity contribution in [3.63, 3.8) is 0 Å². The first-order chi connectivity index (χ1) is 6.63. The van der Waals surface area contributed by atoms with Crippen LogP contribution in [0.4, 0.5) is 5.69 Å². The molecule has 0 aliphatic carbocycles. The van der Waals surface area contributed by atoms with E-state index in [2.05, 4.69) is 5.32 Å². The molecule has 0 saturated carbocycles. The number of phenols is 1. The number of aliphatic hydroxyl groups is 2. The lowest BCUT2D eigenvalue weighted by Crippen LogP contribution is -2.22. The molecule has 0 spiro atoms. The third kappa shape index (κ3) is 3.06. The first kappa shape index (κ1) is 11.1. The second-order valence-corrected chi connectivity index (χ2v) is 3.29. The summed E-state index contributed by atoms with van der Waals surface area (Å²) >= 11 is 5.79. The lowest BCUT2D eigenvalue weighted by Gasteiger charge is -2.11. The standard InChI is InChI=1S/C9H12ClNO3/c10-8-3-6(13)1-2-9(8)11-4-7(14)5-12/h1-3,7,11-14H,4-5H2. The molecule has 0 amide bonds. The number of aromatic hydroxyl groups is 1. The van der Waals surface area contributed by atoms with E-state index in [1.165, 1.54) is 12.1 Å². The fourth-order valence-corrected chi connectivity index (χ4v) is 1.18. The minimum Gasteiger partial charge on any atom is -0.508 e. The average Bonchev–Trinajstić information content (AvgIpc) is 2.16. The zero-order chi connectivity index (χ0) is 10.6. The Labute approximate surface area is 86.8 Å². The van der Waals surface area contributed by atoms with Crippen molar-refractivity contribution in [1.29, 1.82) is 0 Å². The highest BCUT2D eigenvalue weighted by atomic mass is 35.5. The minimum absolute atomic E-state index is 0.0863. The maximum absolute atomic E-state index is 9.06. The topological polar surface area (TPSA) is 72.7 Å². The Hall–Kier alpha value is -0.970. The van der Waals surface area contributed by atoms with Gasteiger partial charge >= 0.3 is 0 Å². The van der Waals surface area contributed by atoms with E-state index in [4.69, 9.17) is 26.9 Å². The quantitative estimate of drug-likeness (QED) is 0.564. The molecule has 5 heteroatoms. The summed E-state index contributed by atoms with van der Waals surface area (Å²) in [5.41, 5.74) is 0.608. The van der Waals surface area contributed by atoms with Gasteiger partial charge in [0.2, 0.25) is 0 Å². The van der Waals surface area contributed by atoms with Crippen LogP contribution in [0.1, 0.15) is 0 Å². The van der Waals surface area contributed by atoms with Gasteiger partial charge in [0.15, 0.2) is 0 Å². The lowest BCUT2D eigenvalue weighted by molar-refractivity contribution is 0.105. The van der Waals surface area contributed by atoms with Crippen LogP contribution in [0.5, 0.6) is 5.75 Å².